The summed E-state index contributed by atoms with van der Waals surface area (Å²) in [5.74, 6) is 0. The topological polar surface area (TPSA) is 32.5 Å². The van der Waals surface area contributed by atoms with E-state index < -0.39 is 0 Å². The maximum Gasteiger partial charge on any atom is 0.0235 e. The fourth-order valence-electron chi connectivity index (χ4n) is 3.53. The Balaban J connectivity index is 1.50. The van der Waals surface area contributed by atoms with Crippen molar-refractivity contribution in [3.05, 3.63) is 29.8 Å². The molecule has 0 aromatic heterocycles. The zero-order valence-corrected chi connectivity index (χ0v) is 13.8. The van der Waals surface area contributed by atoms with Crippen LogP contribution in [0.25, 0.3) is 0 Å². The Morgan fingerprint density at radius 2 is 1.81 bits per heavy atom. The second-order valence-electron chi connectivity index (χ2n) is 6.40. The number of thioether (sulfide) groups is 1. The van der Waals surface area contributed by atoms with Crippen molar-refractivity contribution < 1.29 is 0 Å². The van der Waals surface area contributed by atoms with Gasteiger partial charge in [0.2, 0.25) is 0 Å². The van der Waals surface area contributed by atoms with Gasteiger partial charge in [0.25, 0.3) is 0 Å². The fourth-order valence-corrected chi connectivity index (χ4v) is 3.94. The average molecular weight is 305 g/mol. The van der Waals surface area contributed by atoms with Gasteiger partial charge in [-0.1, -0.05) is 12.1 Å². The number of hydrogen-bond donors (Lipinski definition) is 1. The lowest BCUT2D eigenvalue weighted by molar-refractivity contribution is 0.151. The lowest BCUT2D eigenvalue weighted by Crippen LogP contribution is -2.46. The molecular weight excluding hydrogens is 278 g/mol. The van der Waals surface area contributed by atoms with Crippen LogP contribution in [0.5, 0.6) is 0 Å². The smallest absolute Gasteiger partial charge is 0.0235 e. The highest BCUT2D eigenvalue weighted by Crippen LogP contribution is 2.22. The average Bonchev–Trinajstić information content (AvgIpc) is 2.97. The molecule has 3 rings (SSSR count). The molecule has 1 aromatic carbocycles. The SMILES string of the molecule is CSc1ccc(CN2CCC(N3CCC(N)CC3)C2)cc1. The maximum atomic E-state index is 6.01. The van der Waals surface area contributed by atoms with Gasteiger partial charge in [-0.2, -0.15) is 0 Å². The maximum absolute atomic E-state index is 6.01. The van der Waals surface area contributed by atoms with Crippen molar-refractivity contribution in [2.75, 3.05) is 32.4 Å². The number of nitrogens with zero attached hydrogens (tertiary/aromatic N) is 2. The third-order valence-electron chi connectivity index (χ3n) is 4.90. The van der Waals surface area contributed by atoms with E-state index in [4.69, 9.17) is 5.73 Å². The zero-order chi connectivity index (χ0) is 14.7. The molecule has 1 unspecified atom stereocenters. The summed E-state index contributed by atoms with van der Waals surface area (Å²) in [6.07, 6.45) is 5.79. The molecule has 2 saturated heterocycles. The van der Waals surface area contributed by atoms with E-state index in [-0.39, 0.29) is 0 Å². The van der Waals surface area contributed by atoms with Gasteiger partial charge in [-0.15, -0.1) is 11.8 Å². The van der Waals surface area contributed by atoms with Gasteiger partial charge >= 0.3 is 0 Å². The summed E-state index contributed by atoms with van der Waals surface area (Å²) in [5, 5.41) is 0. The molecule has 0 spiro atoms. The number of rotatable bonds is 4. The van der Waals surface area contributed by atoms with Crippen molar-refractivity contribution in [1.82, 2.24) is 9.80 Å². The van der Waals surface area contributed by atoms with Gasteiger partial charge in [0, 0.05) is 36.6 Å². The molecule has 2 fully saturated rings. The van der Waals surface area contributed by atoms with E-state index >= 15 is 0 Å². The molecule has 21 heavy (non-hydrogen) atoms. The van der Waals surface area contributed by atoms with E-state index in [9.17, 15) is 0 Å². The minimum atomic E-state index is 0.439. The Morgan fingerprint density at radius 1 is 1.10 bits per heavy atom. The molecule has 2 aliphatic heterocycles. The van der Waals surface area contributed by atoms with Crippen molar-refractivity contribution in [3.63, 3.8) is 0 Å². The van der Waals surface area contributed by atoms with Crippen molar-refractivity contribution in [1.29, 1.82) is 0 Å². The quantitative estimate of drug-likeness (QED) is 0.866. The van der Waals surface area contributed by atoms with Gasteiger partial charge < -0.3 is 5.73 Å². The van der Waals surface area contributed by atoms with Crippen LogP contribution in [-0.4, -0.2) is 54.3 Å². The Kier molecular flexibility index (Phi) is 5.22. The minimum Gasteiger partial charge on any atom is -0.328 e. The second-order valence-corrected chi connectivity index (χ2v) is 7.28. The number of likely N-dealkylation sites (tertiary alicyclic amines) is 2. The summed E-state index contributed by atoms with van der Waals surface area (Å²) in [4.78, 5) is 6.62. The lowest BCUT2D eigenvalue weighted by atomic mass is 10.0. The summed E-state index contributed by atoms with van der Waals surface area (Å²) < 4.78 is 0. The molecule has 3 nitrogen and oxygen atoms in total. The summed E-state index contributed by atoms with van der Waals surface area (Å²) >= 11 is 1.81. The van der Waals surface area contributed by atoms with Crippen LogP contribution >= 0.6 is 11.8 Å². The van der Waals surface area contributed by atoms with Crippen LogP contribution in [0, 0.1) is 0 Å². The van der Waals surface area contributed by atoms with Gasteiger partial charge in [-0.25, -0.2) is 0 Å². The standard InChI is InChI=1S/C17H27N3S/c1-21-17-4-2-14(3-5-17)12-19-9-8-16(13-19)20-10-6-15(18)7-11-20/h2-5,15-16H,6-13,18H2,1H3. The highest BCUT2D eigenvalue weighted by Gasteiger charge is 2.29. The van der Waals surface area contributed by atoms with E-state index in [2.05, 4.69) is 40.3 Å². The molecule has 4 heteroatoms. The fraction of sp³-hybridized carbons (Fsp3) is 0.647. The molecule has 0 radical (unpaired) electrons. The van der Waals surface area contributed by atoms with Gasteiger partial charge in [0.15, 0.2) is 0 Å². The number of hydrogen-bond acceptors (Lipinski definition) is 4. The third kappa shape index (κ3) is 4.01. The van der Waals surface area contributed by atoms with E-state index in [0.717, 1.165) is 12.6 Å². The summed E-state index contributed by atoms with van der Waals surface area (Å²) in [6, 6.07) is 10.2. The summed E-state index contributed by atoms with van der Waals surface area (Å²) in [5.41, 5.74) is 7.45. The predicted molar refractivity (Wildman–Crippen MR) is 90.7 cm³/mol. The predicted octanol–water partition coefficient (Wildman–Crippen LogP) is 2.41. The van der Waals surface area contributed by atoms with Crippen molar-refractivity contribution in [3.8, 4) is 0 Å². The minimum absolute atomic E-state index is 0.439. The normalized spacial score (nSPS) is 25.5. The van der Waals surface area contributed by atoms with Crippen LogP contribution in [0.2, 0.25) is 0 Å². The number of benzene rings is 1. The monoisotopic (exact) mass is 305 g/mol. The van der Waals surface area contributed by atoms with Gasteiger partial charge in [-0.3, -0.25) is 9.80 Å². The zero-order valence-electron chi connectivity index (χ0n) is 13.0. The molecule has 116 valence electrons. The van der Waals surface area contributed by atoms with Gasteiger partial charge in [0.05, 0.1) is 0 Å². The number of piperidine rings is 1. The molecule has 0 amide bonds. The molecule has 2 heterocycles. The Morgan fingerprint density at radius 3 is 2.48 bits per heavy atom. The molecule has 0 bridgehead atoms. The molecule has 2 aliphatic rings. The first kappa shape index (κ1) is 15.3. The van der Waals surface area contributed by atoms with Crippen molar-refractivity contribution in [2.45, 2.75) is 42.8 Å². The van der Waals surface area contributed by atoms with Gasteiger partial charge in [0.1, 0.15) is 0 Å². The molecule has 1 atom stereocenters. The highest BCUT2D eigenvalue weighted by atomic mass is 32.2. The van der Waals surface area contributed by atoms with Gasteiger partial charge in [-0.05, 0) is 56.3 Å². The molecule has 0 aliphatic carbocycles. The van der Waals surface area contributed by atoms with Crippen LogP contribution in [-0.2, 0) is 6.54 Å². The first-order chi connectivity index (χ1) is 10.2. The first-order valence-electron chi connectivity index (χ1n) is 8.09. The first-order valence-corrected chi connectivity index (χ1v) is 9.32. The molecular formula is C17H27N3S. The molecule has 0 saturated carbocycles. The molecule has 1 aromatic rings. The third-order valence-corrected chi connectivity index (χ3v) is 5.65. The largest absolute Gasteiger partial charge is 0.328 e. The summed E-state index contributed by atoms with van der Waals surface area (Å²) in [7, 11) is 0. The Bertz CT molecular complexity index is 440. The van der Waals surface area contributed by atoms with Crippen LogP contribution in [0.4, 0.5) is 0 Å². The Hall–Kier alpha value is -0.550. The molecule has 2 N–H and O–H groups in total. The Labute approximate surface area is 132 Å². The highest BCUT2D eigenvalue weighted by molar-refractivity contribution is 7.98. The lowest BCUT2D eigenvalue weighted by Gasteiger charge is -2.34. The van der Waals surface area contributed by atoms with E-state index in [1.807, 2.05) is 11.8 Å². The van der Waals surface area contributed by atoms with Crippen LogP contribution < -0.4 is 5.73 Å². The van der Waals surface area contributed by atoms with Crippen LogP contribution in [0.15, 0.2) is 29.2 Å². The summed E-state index contributed by atoms with van der Waals surface area (Å²) in [6.45, 7) is 5.94. The van der Waals surface area contributed by atoms with E-state index in [1.54, 1.807) is 0 Å². The van der Waals surface area contributed by atoms with Crippen molar-refractivity contribution in [2.24, 2.45) is 5.73 Å². The van der Waals surface area contributed by atoms with E-state index in [0.29, 0.717) is 6.04 Å². The van der Waals surface area contributed by atoms with Crippen molar-refractivity contribution >= 4 is 11.8 Å². The van der Waals surface area contributed by atoms with Crippen LogP contribution in [0.3, 0.4) is 0 Å². The van der Waals surface area contributed by atoms with Crippen LogP contribution in [0.1, 0.15) is 24.8 Å². The number of nitrogens with two attached hydrogens (primary N) is 1. The second kappa shape index (κ2) is 7.14. The van der Waals surface area contributed by atoms with E-state index in [1.165, 1.54) is 55.9 Å².